The van der Waals surface area contributed by atoms with E-state index in [4.69, 9.17) is 10.1 Å². The van der Waals surface area contributed by atoms with Crippen molar-refractivity contribution >= 4 is 5.82 Å². The summed E-state index contributed by atoms with van der Waals surface area (Å²) in [6.07, 6.45) is 7.41. The Hall–Kier alpha value is -2.37. The molecule has 1 aromatic heterocycles. The molecule has 0 amide bonds. The molecule has 0 bridgehead atoms. The molecule has 5 rings (SSSR count). The molecular formula is C32H50N4O. The number of fused-ring (bicyclic) bond motifs is 1. The lowest BCUT2D eigenvalue weighted by atomic mass is 9.63. The highest BCUT2D eigenvalue weighted by Crippen LogP contribution is 2.46. The smallest absolute Gasteiger partial charge is 0.129 e. The minimum absolute atomic E-state index is 0.0648. The van der Waals surface area contributed by atoms with Crippen molar-refractivity contribution in [1.29, 1.82) is 0 Å². The van der Waals surface area contributed by atoms with Crippen LogP contribution in [0, 0.1) is 0 Å². The molecule has 2 aromatic rings. The van der Waals surface area contributed by atoms with E-state index in [0.717, 1.165) is 57.0 Å². The second-order valence-corrected chi connectivity index (χ2v) is 11.7. The zero-order valence-corrected chi connectivity index (χ0v) is 24.1. The third kappa shape index (κ3) is 7.36. The maximum absolute atomic E-state index is 8.67. The molecule has 2 fully saturated rings. The molecule has 5 heteroatoms. The van der Waals surface area contributed by atoms with Gasteiger partial charge in [-0.2, -0.15) is 0 Å². The van der Waals surface area contributed by atoms with Crippen LogP contribution in [0.4, 0.5) is 5.82 Å². The van der Waals surface area contributed by atoms with Gasteiger partial charge in [0.25, 0.3) is 0 Å². The summed E-state index contributed by atoms with van der Waals surface area (Å²) in [5.74, 6) is 1.09. The fraction of sp³-hybridized carbons (Fsp3) is 0.594. The Bertz CT molecular complexity index is 1000. The lowest BCUT2D eigenvalue weighted by Crippen LogP contribution is -2.41. The fourth-order valence-electron chi connectivity index (χ4n) is 5.59. The average Bonchev–Trinajstić information content (AvgIpc) is 3.40. The van der Waals surface area contributed by atoms with Gasteiger partial charge in [0.1, 0.15) is 5.82 Å². The van der Waals surface area contributed by atoms with Gasteiger partial charge in [0.2, 0.25) is 0 Å². The molecule has 3 heterocycles. The van der Waals surface area contributed by atoms with E-state index in [1.54, 1.807) is 0 Å². The number of piperidine rings is 1. The number of aliphatic hydroxyl groups is 1. The Morgan fingerprint density at radius 2 is 1.68 bits per heavy atom. The van der Waals surface area contributed by atoms with Gasteiger partial charge in [-0.15, -0.1) is 0 Å². The standard InChI is InChI=1S/C26H35N3.C4H9NO.C2H6/c1-6-27-20-12-16-29(17-13-20)24-9-7-8-23(28-24)19-10-11-21-22(18-19)26(4,5)15-14-25(21,2)3;6-4-1-2-5-3-4;1-2/h6-11,18,20,27H,1,12-17H2,2-5H3;4-6H,1-3H2;1-2H3. The first-order chi connectivity index (χ1) is 17.7. The SMILES string of the molecule is C=CNC1CCN(c2cccc(-c3ccc4c(c3)C(C)(C)CCC4(C)C)n2)CC1.CC.OC1CCNC1. The molecule has 1 aromatic carbocycles. The maximum atomic E-state index is 8.67. The van der Waals surface area contributed by atoms with E-state index < -0.39 is 0 Å². The van der Waals surface area contributed by atoms with Crippen LogP contribution in [0.3, 0.4) is 0 Å². The van der Waals surface area contributed by atoms with Crippen LogP contribution >= 0.6 is 0 Å². The molecule has 0 spiro atoms. The molecule has 1 atom stereocenters. The third-order valence-corrected chi connectivity index (χ3v) is 8.09. The number of hydrogen-bond donors (Lipinski definition) is 3. The molecule has 5 nitrogen and oxygen atoms in total. The highest BCUT2D eigenvalue weighted by molar-refractivity contribution is 5.65. The highest BCUT2D eigenvalue weighted by atomic mass is 16.3. The normalized spacial score (nSPS) is 22.0. The summed E-state index contributed by atoms with van der Waals surface area (Å²) in [6.45, 7) is 21.2. The average molecular weight is 507 g/mol. The van der Waals surface area contributed by atoms with Crippen LogP contribution in [-0.4, -0.2) is 48.4 Å². The summed E-state index contributed by atoms with van der Waals surface area (Å²) in [4.78, 5) is 7.47. The Labute approximate surface area is 225 Å². The second-order valence-electron chi connectivity index (χ2n) is 11.7. The molecule has 2 saturated heterocycles. The summed E-state index contributed by atoms with van der Waals surface area (Å²) < 4.78 is 0. The van der Waals surface area contributed by atoms with Crippen LogP contribution in [0.1, 0.15) is 84.8 Å². The number of rotatable bonds is 4. The first-order valence-electron chi connectivity index (χ1n) is 14.3. The van der Waals surface area contributed by atoms with Gasteiger partial charge in [-0.05, 0) is 85.0 Å². The van der Waals surface area contributed by atoms with Crippen molar-refractivity contribution in [1.82, 2.24) is 15.6 Å². The molecule has 0 radical (unpaired) electrons. The Morgan fingerprint density at radius 1 is 1.00 bits per heavy atom. The number of β-amino-alcohol motifs (C(OH)–C–C–N with tert-alkyl or cyclic N) is 1. The van der Waals surface area contributed by atoms with E-state index in [2.05, 4.69) is 86.2 Å². The molecule has 2 aliphatic heterocycles. The second kappa shape index (κ2) is 12.9. The molecule has 37 heavy (non-hydrogen) atoms. The van der Waals surface area contributed by atoms with Gasteiger partial charge >= 0.3 is 0 Å². The molecule has 1 unspecified atom stereocenters. The summed E-state index contributed by atoms with van der Waals surface area (Å²) in [5, 5.41) is 15.0. The number of aromatic nitrogens is 1. The lowest BCUT2D eigenvalue weighted by Gasteiger charge is -2.42. The number of hydrogen-bond acceptors (Lipinski definition) is 5. The molecule has 3 N–H and O–H groups in total. The topological polar surface area (TPSA) is 60.4 Å². The highest BCUT2D eigenvalue weighted by Gasteiger charge is 2.37. The van der Waals surface area contributed by atoms with Gasteiger partial charge in [0.15, 0.2) is 0 Å². The van der Waals surface area contributed by atoms with Crippen LogP contribution in [0.5, 0.6) is 0 Å². The van der Waals surface area contributed by atoms with Crippen LogP contribution in [0.2, 0.25) is 0 Å². The van der Waals surface area contributed by atoms with E-state index >= 15 is 0 Å². The molecule has 0 saturated carbocycles. The number of nitrogens with zero attached hydrogens (tertiary/aromatic N) is 2. The summed E-state index contributed by atoms with van der Waals surface area (Å²) in [5.41, 5.74) is 5.79. The predicted octanol–water partition coefficient (Wildman–Crippen LogP) is 6.17. The van der Waals surface area contributed by atoms with Gasteiger partial charge in [-0.3, -0.25) is 0 Å². The van der Waals surface area contributed by atoms with E-state index in [0.29, 0.717) is 6.04 Å². The number of nitrogens with one attached hydrogen (secondary N) is 2. The Morgan fingerprint density at radius 3 is 2.24 bits per heavy atom. The van der Waals surface area contributed by atoms with Crippen molar-refractivity contribution in [2.75, 3.05) is 31.1 Å². The zero-order chi connectivity index (χ0) is 27.1. The van der Waals surface area contributed by atoms with Crippen molar-refractivity contribution in [2.24, 2.45) is 0 Å². The molecule has 1 aliphatic carbocycles. The first kappa shape index (κ1) is 29.2. The van der Waals surface area contributed by atoms with Crippen molar-refractivity contribution in [3.8, 4) is 11.3 Å². The number of anilines is 1. The number of benzene rings is 1. The monoisotopic (exact) mass is 506 g/mol. The van der Waals surface area contributed by atoms with Gasteiger partial charge < -0.3 is 20.6 Å². The number of aliphatic hydroxyl groups excluding tert-OH is 1. The quantitative estimate of drug-likeness (QED) is 0.463. The van der Waals surface area contributed by atoms with E-state index in [9.17, 15) is 0 Å². The molecule has 204 valence electrons. The van der Waals surface area contributed by atoms with Crippen molar-refractivity contribution in [3.63, 3.8) is 0 Å². The van der Waals surface area contributed by atoms with Crippen molar-refractivity contribution < 1.29 is 5.11 Å². The van der Waals surface area contributed by atoms with Gasteiger partial charge in [0.05, 0.1) is 11.8 Å². The fourth-order valence-corrected chi connectivity index (χ4v) is 5.59. The summed E-state index contributed by atoms with van der Waals surface area (Å²) in [7, 11) is 0. The zero-order valence-electron chi connectivity index (χ0n) is 24.1. The van der Waals surface area contributed by atoms with Crippen LogP contribution < -0.4 is 15.5 Å². The largest absolute Gasteiger partial charge is 0.392 e. The van der Waals surface area contributed by atoms with Gasteiger partial charge in [-0.1, -0.05) is 66.3 Å². The van der Waals surface area contributed by atoms with Crippen LogP contribution in [0.15, 0.2) is 49.2 Å². The predicted molar refractivity (Wildman–Crippen MR) is 158 cm³/mol. The van der Waals surface area contributed by atoms with Crippen LogP contribution in [-0.2, 0) is 10.8 Å². The van der Waals surface area contributed by atoms with Crippen molar-refractivity contribution in [2.45, 2.75) is 96.6 Å². The van der Waals surface area contributed by atoms with Crippen molar-refractivity contribution in [3.05, 3.63) is 60.3 Å². The van der Waals surface area contributed by atoms with Crippen LogP contribution in [0.25, 0.3) is 11.3 Å². The van der Waals surface area contributed by atoms with Gasteiger partial charge in [0, 0.05) is 31.2 Å². The first-order valence-corrected chi connectivity index (χ1v) is 14.3. The molecule has 3 aliphatic rings. The third-order valence-electron chi connectivity index (χ3n) is 8.09. The van der Waals surface area contributed by atoms with E-state index in [1.165, 1.54) is 29.5 Å². The Balaban J connectivity index is 0.000000412. The van der Waals surface area contributed by atoms with E-state index in [-0.39, 0.29) is 16.9 Å². The Kier molecular flexibility index (Phi) is 10.2. The molecular weight excluding hydrogens is 456 g/mol. The maximum Gasteiger partial charge on any atom is 0.129 e. The number of pyridine rings is 1. The minimum atomic E-state index is -0.0648. The lowest BCUT2D eigenvalue weighted by molar-refractivity contribution is 0.196. The van der Waals surface area contributed by atoms with Gasteiger partial charge in [-0.25, -0.2) is 4.98 Å². The summed E-state index contributed by atoms with van der Waals surface area (Å²) in [6, 6.07) is 14.0. The minimum Gasteiger partial charge on any atom is -0.392 e. The van der Waals surface area contributed by atoms with E-state index in [1.807, 2.05) is 20.0 Å². The summed E-state index contributed by atoms with van der Waals surface area (Å²) >= 11 is 0.